The number of likely N-dealkylation sites (N-methyl/N-ethyl adjacent to an activating group) is 1. The smallest absolute Gasteiger partial charge is 0.284 e. The molecule has 8 heteroatoms. The molecule has 0 bridgehead atoms. The maximum atomic E-state index is 12.3. The molecule has 1 amide bonds. The molecule has 0 spiro atoms. The van der Waals surface area contributed by atoms with Crippen LogP contribution in [0.25, 0.3) is 4.96 Å². The molecule has 96 valence electrons. The van der Waals surface area contributed by atoms with E-state index in [-0.39, 0.29) is 5.91 Å². The van der Waals surface area contributed by atoms with Crippen LogP contribution in [0.5, 0.6) is 0 Å². The van der Waals surface area contributed by atoms with Crippen LogP contribution in [-0.4, -0.2) is 68.7 Å². The predicted octanol–water partition coefficient (Wildman–Crippen LogP) is -0.118. The summed E-state index contributed by atoms with van der Waals surface area (Å²) in [4.78, 5) is 17.0. The standard InChI is InChI=1S/C10H14N6OS/c1-7-11-12-10-16(7)13-8(18-10)9(17)15-5-3-14(2)4-6-15/h3-6H2,1-2H3. The van der Waals surface area contributed by atoms with Gasteiger partial charge in [0.05, 0.1) is 0 Å². The van der Waals surface area contributed by atoms with Crippen LogP contribution in [-0.2, 0) is 0 Å². The Labute approximate surface area is 108 Å². The summed E-state index contributed by atoms with van der Waals surface area (Å²) >= 11 is 1.29. The van der Waals surface area contributed by atoms with Crippen molar-refractivity contribution in [1.29, 1.82) is 0 Å². The molecule has 0 unspecified atom stereocenters. The zero-order valence-electron chi connectivity index (χ0n) is 10.3. The third-order valence-electron chi connectivity index (χ3n) is 3.12. The molecule has 0 N–H and O–H groups in total. The van der Waals surface area contributed by atoms with Crippen molar-refractivity contribution in [3.05, 3.63) is 10.8 Å². The van der Waals surface area contributed by atoms with E-state index in [9.17, 15) is 4.79 Å². The van der Waals surface area contributed by atoms with Gasteiger partial charge in [-0.15, -0.1) is 15.3 Å². The fourth-order valence-corrected chi connectivity index (χ4v) is 2.80. The number of carbonyl (C=O) groups excluding carboxylic acids is 1. The summed E-state index contributed by atoms with van der Waals surface area (Å²) in [5.41, 5.74) is 0. The predicted molar refractivity (Wildman–Crippen MR) is 66.8 cm³/mol. The van der Waals surface area contributed by atoms with Crippen LogP contribution in [0.2, 0.25) is 0 Å². The van der Waals surface area contributed by atoms with Gasteiger partial charge in [-0.05, 0) is 14.0 Å². The van der Waals surface area contributed by atoms with Crippen LogP contribution in [0.4, 0.5) is 0 Å². The van der Waals surface area contributed by atoms with Crippen LogP contribution in [0.1, 0.15) is 15.6 Å². The highest BCUT2D eigenvalue weighted by Gasteiger charge is 2.24. The molecule has 0 aromatic carbocycles. The third kappa shape index (κ3) is 1.87. The lowest BCUT2D eigenvalue weighted by atomic mass is 10.3. The van der Waals surface area contributed by atoms with E-state index >= 15 is 0 Å². The lowest BCUT2D eigenvalue weighted by Gasteiger charge is -2.31. The number of piperazine rings is 1. The summed E-state index contributed by atoms with van der Waals surface area (Å²) in [6.45, 7) is 5.16. The molecule has 1 aliphatic heterocycles. The molecule has 2 aromatic rings. The number of carbonyl (C=O) groups is 1. The van der Waals surface area contributed by atoms with Gasteiger partial charge >= 0.3 is 0 Å². The van der Waals surface area contributed by atoms with Crippen molar-refractivity contribution < 1.29 is 4.79 Å². The molecule has 3 heterocycles. The van der Waals surface area contributed by atoms with Crippen molar-refractivity contribution in [1.82, 2.24) is 29.6 Å². The Balaban J connectivity index is 1.83. The van der Waals surface area contributed by atoms with Gasteiger partial charge in [0.1, 0.15) is 0 Å². The van der Waals surface area contributed by atoms with E-state index in [0.29, 0.717) is 15.8 Å². The van der Waals surface area contributed by atoms with Crippen LogP contribution in [0.15, 0.2) is 0 Å². The molecule has 1 aliphatic rings. The molecule has 1 fully saturated rings. The minimum atomic E-state index is -0.00185. The second kappa shape index (κ2) is 4.29. The number of hydrogen-bond donors (Lipinski definition) is 0. The van der Waals surface area contributed by atoms with E-state index in [1.807, 2.05) is 11.8 Å². The Morgan fingerprint density at radius 2 is 1.94 bits per heavy atom. The maximum Gasteiger partial charge on any atom is 0.284 e. The highest BCUT2D eigenvalue weighted by atomic mass is 32.1. The normalized spacial score (nSPS) is 17.6. The fourth-order valence-electron chi connectivity index (χ4n) is 1.95. The van der Waals surface area contributed by atoms with Gasteiger partial charge in [0, 0.05) is 26.2 Å². The van der Waals surface area contributed by atoms with E-state index in [2.05, 4.69) is 27.2 Å². The zero-order valence-corrected chi connectivity index (χ0v) is 11.1. The first-order valence-corrected chi connectivity index (χ1v) is 6.63. The molecule has 0 aliphatic carbocycles. The molecule has 0 saturated carbocycles. The van der Waals surface area contributed by atoms with Crippen LogP contribution >= 0.6 is 11.3 Å². The van der Waals surface area contributed by atoms with Gasteiger partial charge in [-0.1, -0.05) is 11.3 Å². The van der Waals surface area contributed by atoms with E-state index in [1.165, 1.54) is 11.3 Å². The highest BCUT2D eigenvalue weighted by Crippen LogP contribution is 2.16. The molecule has 2 aromatic heterocycles. The molecule has 7 nitrogen and oxygen atoms in total. The molecule has 1 saturated heterocycles. The van der Waals surface area contributed by atoms with Gasteiger partial charge < -0.3 is 9.80 Å². The average Bonchev–Trinajstić information content (AvgIpc) is 2.92. The maximum absolute atomic E-state index is 12.3. The van der Waals surface area contributed by atoms with Gasteiger partial charge in [0.2, 0.25) is 9.97 Å². The third-order valence-corrected chi connectivity index (χ3v) is 4.01. The highest BCUT2D eigenvalue weighted by molar-refractivity contribution is 7.18. The number of amides is 1. The Morgan fingerprint density at radius 3 is 2.61 bits per heavy atom. The second-order valence-corrected chi connectivity index (χ2v) is 5.40. The first-order chi connectivity index (χ1) is 8.65. The number of hydrogen-bond acceptors (Lipinski definition) is 6. The molecule has 3 rings (SSSR count). The SMILES string of the molecule is Cc1nnc2sc(C(=O)N3CCN(C)CC3)nn12. The summed E-state index contributed by atoms with van der Waals surface area (Å²) < 4.78 is 1.62. The minimum absolute atomic E-state index is 0.00185. The monoisotopic (exact) mass is 266 g/mol. The van der Waals surface area contributed by atoms with Gasteiger partial charge in [0.15, 0.2) is 5.82 Å². The molecule has 0 atom stereocenters. The van der Waals surface area contributed by atoms with Gasteiger partial charge in [-0.2, -0.15) is 4.52 Å². The summed E-state index contributed by atoms with van der Waals surface area (Å²) in [6, 6.07) is 0. The van der Waals surface area contributed by atoms with E-state index in [0.717, 1.165) is 26.2 Å². The molecule has 18 heavy (non-hydrogen) atoms. The Morgan fingerprint density at radius 1 is 1.22 bits per heavy atom. The largest absolute Gasteiger partial charge is 0.334 e. The zero-order chi connectivity index (χ0) is 12.7. The Bertz CT molecular complexity index is 582. The second-order valence-electron chi connectivity index (χ2n) is 4.44. The van der Waals surface area contributed by atoms with Crippen molar-refractivity contribution >= 4 is 22.2 Å². The summed E-state index contributed by atoms with van der Waals surface area (Å²) in [7, 11) is 2.06. The molecular formula is C10H14N6OS. The Hall–Kier alpha value is -1.54. The van der Waals surface area contributed by atoms with E-state index in [1.54, 1.807) is 4.52 Å². The number of rotatable bonds is 1. The van der Waals surface area contributed by atoms with Gasteiger partial charge in [-0.25, -0.2) is 0 Å². The van der Waals surface area contributed by atoms with Gasteiger partial charge in [0.25, 0.3) is 5.91 Å². The van der Waals surface area contributed by atoms with E-state index < -0.39 is 0 Å². The summed E-state index contributed by atoms with van der Waals surface area (Å²) in [5, 5.41) is 12.6. The number of aromatic nitrogens is 4. The quantitative estimate of drug-likeness (QED) is 0.720. The van der Waals surface area contributed by atoms with E-state index in [4.69, 9.17) is 0 Å². The lowest BCUT2D eigenvalue weighted by molar-refractivity contribution is 0.0662. The van der Waals surface area contributed by atoms with Gasteiger partial charge in [-0.3, -0.25) is 4.79 Å². The summed E-state index contributed by atoms with van der Waals surface area (Å²) in [5.74, 6) is 0.705. The average molecular weight is 266 g/mol. The first-order valence-electron chi connectivity index (χ1n) is 5.82. The van der Waals surface area contributed by atoms with Crippen molar-refractivity contribution in [2.75, 3.05) is 33.2 Å². The number of nitrogens with zero attached hydrogens (tertiary/aromatic N) is 6. The number of fused-ring (bicyclic) bond motifs is 1. The van der Waals surface area contributed by atoms with Crippen LogP contribution in [0, 0.1) is 6.92 Å². The fraction of sp³-hybridized carbons (Fsp3) is 0.600. The van der Waals surface area contributed by atoms with Crippen molar-refractivity contribution in [3.8, 4) is 0 Å². The topological polar surface area (TPSA) is 66.6 Å². The van der Waals surface area contributed by atoms with Crippen LogP contribution in [0.3, 0.4) is 0 Å². The van der Waals surface area contributed by atoms with Crippen LogP contribution < -0.4 is 0 Å². The molecule has 0 radical (unpaired) electrons. The lowest BCUT2D eigenvalue weighted by Crippen LogP contribution is -2.47. The first kappa shape index (κ1) is 11.5. The van der Waals surface area contributed by atoms with Crippen molar-refractivity contribution in [2.45, 2.75) is 6.92 Å². The summed E-state index contributed by atoms with van der Waals surface area (Å²) in [6.07, 6.45) is 0. The molecular weight excluding hydrogens is 252 g/mol. The number of aryl methyl sites for hydroxylation is 1. The van der Waals surface area contributed by atoms with Crippen molar-refractivity contribution in [2.24, 2.45) is 0 Å². The minimum Gasteiger partial charge on any atom is -0.334 e. The Kier molecular flexibility index (Phi) is 2.75. The van der Waals surface area contributed by atoms with Crippen molar-refractivity contribution in [3.63, 3.8) is 0 Å².